The third-order valence-electron chi connectivity index (χ3n) is 2.38. The first-order chi connectivity index (χ1) is 11.7. The van der Waals surface area contributed by atoms with Crippen LogP contribution in [0.1, 0.15) is 26.3 Å². The van der Waals surface area contributed by atoms with Crippen molar-refractivity contribution in [1.82, 2.24) is 4.98 Å². The van der Waals surface area contributed by atoms with Gasteiger partial charge in [0.2, 0.25) is 0 Å². The number of nitrogens with zero attached hydrogens (tertiary/aromatic N) is 1. The molecule has 0 saturated heterocycles. The number of aromatic nitrogens is 1. The van der Waals surface area contributed by atoms with Crippen LogP contribution in [0.15, 0.2) is 24.6 Å². The summed E-state index contributed by atoms with van der Waals surface area (Å²) in [6.45, 7) is 4.89. The van der Waals surface area contributed by atoms with E-state index >= 15 is 0 Å². The minimum atomic E-state index is -5.91. The van der Waals surface area contributed by atoms with Gasteiger partial charge in [-0.25, -0.2) is 9.78 Å². The van der Waals surface area contributed by atoms with Crippen molar-refractivity contribution in [3.63, 3.8) is 0 Å². The van der Waals surface area contributed by atoms with Crippen LogP contribution in [-0.2, 0) is 23.8 Å². The van der Waals surface area contributed by atoms with Crippen molar-refractivity contribution in [2.45, 2.75) is 31.9 Å². The molecule has 0 spiro atoms. The zero-order valence-electron chi connectivity index (χ0n) is 14.2. The minimum Gasteiger partial charge on any atom is -0.500 e. The van der Waals surface area contributed by atoms with Crippen LogP contribution in [-0.4, -0.2) is 37.7 Å². The topological polar surface area (TPSA) is 104 Å². The number of pyridine rings is 1. The van der Waals surface area contributed by atoms with E-state index in [9.17, 15) is 26.4 Å². The van der Waals surface area contributed by atoms with Gasteiger partial charge in [-0.3, -0.25) is 5.32 Å². The van der Waals surface area contributed by atoms with Crippen LogP contribution in [0.2, 0.25) is 0 Å². The molecule has 1 aromatic heterocycles. The summed E-state index contributed by atoms with van der Waals surface area (Å²) < 4.78 is 73.5. The molecule has 0 aromatic carbocycles. The Balaban J connectivity index is 3.09. The molecule has 0 fully saturated rings. The molecule has 0 aliphatic carbocycles. The molecule has 1 amide bonds. The monoisotopic (exact) mass is 398 g/mol. The van der Waals surface area contributed by atoms with Crippen LogP contribution in [0.3, 0.4) is 0 Å². The van der Waals surface area contributed by atoms with Gasteiger partial charge in [0.25, 0.3) is 0 Å². The number of alkyl halides is 3. The Morgan fingerprint density at radius 1 is 1.27 bits per heavy atom. The Bertz CT molecular complexity index is 785. The maximum Gasteiger partial charge on any atom is 0.534 e. The van der Waals surface area contributed by atoms with Crippen LogP contribution >= 0.6 is 0 Å². The average Bonchev–Trinajstić information content (AvgIpc) is 2.43. The molecule has 1 N–H and O–H groups in total. The quantitative estimate of drug-likeness (QED) is 0.461. The van der Waals surface area contributed by atoms with E-state index in [0.717, 1.165) is 25.4 Å². The highest BCUT2D eigenvalue weighted by Gasteiger charge is 2.49. The average molecular weight is 398 g/mol. The van der Waals surface area contributed by atoms with E-state index in [1.54, 1.807) is 20.8 Å². The predicted molar refractivity (Wildman–Crippen MR) is 85.1 cm³/mol. The van der Waals surface area contributed by atoms with Crippen molar-refractivity contribution < 1.29 is 40.0 Å². The van der Waals surface area contributed by atoms with E-state index in [2.05, 4.69) is 19.2 Å². The van der Waals surface area contributed by atoms with Gasteiger partial charge in [0.1, 0.15) is 17.7 Å². The summed E-state index contributed by atoms with van der Waals surface area (Å²) >= 11 is 0. The Hall–Kier alpha value is -2.50. The first kappa shape index (κ1) is 21.5. The number of anilines is 1. The number of hydrogen-bond acceptors (Lipinski definition) is 7. The van der Waals surface area contributed by atoms with Gasteiger partial charge in [0, 0.05) is 11.8 Å². The fourth-order valence-electron chi connectivity index (χ4n) is 1.47. The molecule has 0 bridgehead atoms. The van der Waals surface area contributed by atoms with Crippen LogP contribution < -0.4 is 5.32 Å². The number of methoxy groups -OCH3 is 1. The fraction of sp³-hybridized carbons (Fsp3) is 0.429. The maximum absolute atomic E-state index is 12.5. The van der Waals surface area contributed by atoms with Crippen LogP contribution in [0.5, 0.6) is 0 Å². The van der Waals surface area contributed by atoms with Crippen LogP contribution in [0.25, 0.3) is 5.76 Å². The Morgan fingerprint density at radius 3 is 2.38 bits per heavy atom. The lowest BCUT2D eigenvalue weighted by atomic mass is 10.2. The van der Waals surface area contributed by atoms with E-state index in [0.29, 0.717) is 6.26 Å². The molecule has 26 heavy (non-hydrogen) atoms. The summed E-state index contributed by atoms with van der Waals surface area (Å²) in [5, 5.41) is 2.26. The molecule has 0 atom stereocenters. The maximum atomic E-state index is 12.5. The van der Waals surface area contributed by atoms with Gasteiger partial charge in [0.05, 0.1) is 7.11 Å². The lowest BCUT2D eigenvalue weighted by molar-refractivity contribution is -0.0510. The fourth-order valence-corrected chi connectivity index (χ4v) is 1.94. The Morgan fingerprint density at radius 2 is 1.88 bits per heavy atom. The van der Waals surface area contributed by atoms with Gasteiger partial charge in [-0.2, -0.15) is 21.6 Å². The third-order valence-corrected chi connectivity index (χ3v) is 3.35. The van der Waals surface area contributed by atoms with Crippen molar-refractivity contribution >= 4 is 27.8 Å². The minimum absolute atomic E-state index is 0.105. The molecular formula is C14H17F3N2O6S. The molecule has 1 rings (SSSR count). The van der Waals surface area contributed by atoms with Gasteiger partial charge < -0.3 is 13.7 Å². The number of amides is 1. The smallest absolute Gasteiger partial charge is 0.500 e. The Labute approximate surface area is 148 Å². The highest BCUT2D eigenvalue weighted by atomic mass is 32.2. The summed E-state index contributed by atoms with van der Waals surface area (Å²) in [7, 11) is -4.82. The predicted octanol–water partition coefficient (Wildman–Crippen LogP) is 3.24. The van der Waals surface area contributed by atoms with Gasteiger partial charge in [-0.1, -0.05) is 0 Å². The summed E-state index contributed by atoms with van der Waals surface area (Å²) in [6.07, 6.45) is 0.925. The van der Waals surface area contributed by atoms with E-state index in [1.165, 1.54) is 0 Å². The molecule has 0 saturated carbocycles. The van der Waals surface area contributed by atoms with Gasteiger partial charge in [0.15, 0.2) is 5.76 Å². The van der Waals surface area contributed by atoms with Crippen LogP contribution in [0, 0.1) is 0 Å². The molecule has 0 unspecified atom stereocenters. The molecule has 0 aliphatic heterocycles. The van der Waals surface area contributed by atoms with Gasteiger partial charge in [-0.05, 0) is 32.9 Å². The Kier molecular flexibility index (Phi) is 6.47. The molecule has 0 radical (unpaired) electrons. The standard InChI is InChI=1S/C14H17F3N2O6S/c1-13(2,3)24-12(20)19-11-7-9(5-6-18-11)10(8-23-4)25-26(21,22)14(15,16)17/h5-8H,1-4H3,(H,18,19,20)/b10-8+. The van der Waals surface area contributed by atoms with Crippen molar-refractivity contribution in [3.8, 4) is 0 Å². The lowest BCUT2D eigenvalue weighted by Gasteiger charge is -2.19. The molecule has 8 nitrogen and oxygen atoms in total. The van der Waals surface area contributed by atoms with Gasteiger partial charge >= 0.3 is 21.7 Å². The second kappa shape index (κ2) is 7.81. The third kappa shape index (κ3) is 6.43. The zero-order chi connectivity index (χ0) is 20.2. The van der Waals surface area contributed by atoms with E-state index in [1.807, 2.05) is 0 Å². The number of hydrogen-bond donors (Lipinski definition) is 1. The SMILES string of the molecule is CO/C=C(/OS(=O)(=O)C(F)(F)F)c1ccnc(NC(=O)OC(C)(C)C)c1. The molecule has 1 heterocycles. The normalized spacial score (nSPS) is 13.1. The molecule has 1 aromatic rings. The first-order valence-corrected chi connectivity index (χ1v) is 8.36. The van der Waals surface area contributed by atoms with Crippen LogP contribution in [0.4, 0.5) is 23.8 Å². The second-order valence-corrected chi connectivity index (χ2v) is 7.30. The number of rotatable bonds is 5. The number of nitrogens with one attached hydrogen (secondary N) is 1. The number of halogens is 3. The van der Waals surface area contributed by atoms with Crippen molar-refractivity contribution in [2.24, 2.45) is 0 Å². The van der Waals surface area contributed by atoms with E-state index < -0.39 is 33.1 Å². The number of carbonyl (C=O) groups is 1. The largest absolute Gasteiger partial charge is 0.534 e. The van der Waals surface area contributed by atoms with Gasteiger partial charge in [-0.15, -0.1) is 0 Å². The molecule has 12 heteroatoms. The molecular weight excluding hydrogens is 381 g/mol. The summed E-state index contributed by atoms with van der Waals surface area (Å²) in [5.41, 5.74) is -6.54. The van der Waals surface area contributed by atoms with E-state index in [4.69, 9.17) is 4.74 Å². The number of carbonyl (C=O) groups excluding carboxylic acids is 1. The summed E-state index contributed by atoms with van der Waals surface area (Å²) in [6, 6.07) is 2.25. The number of ether oxygens (including phenoxy) is 2. The lowest BCUT2D eigenvalue weighted by Crippen LogP contribution is -2.27. The zero-order valence-corrected chi connectivity index (χ0v) is 15.1. The molecule has 0 aliphatic rings. The second-order valence-electron chi connectivity index (χ2n) is 5.76. The summed E-state index contributed by atoms with van der Waals surface area (Å²) in [4.78, 5) is 15.5. The highest BCUT2D eigenvalue weighted by Crippen LogP contribution is 2.30. The highest BCUT2D eigenvalue weighted by molar-refractivity contribution is 7.87. The van der Waals surface area contributed by atoms with Crippen molar-refractivity contribution in [1.29, 1.82) is 0 Å². The van der Waals surface area contributed by atoms with Crippen molar-refractivity contribution in [2.75, 3.05) is 12.4 Å². The molecule has 146 valence electrons. The summed E-state index contributed by atoms with van der Waals surface area (Å²) in [5.74, 6) is -0.855. The van der Waals surface area contributed by atoms with Crippen molar-refractivity contribution in [3.05, 3.63) is 30.2 Å². The van der Waals surface area contributed by atoms with E-state index in [-0.39, 0.29) is 11.4 Å². The first-order valence-electron chi connectivity index (χ1n) is 6.95.